The number of hydrogen-bond donors (Lipinski definition) is 0. The smallest absolute Gasteiger partial charge is 0.00517 e. The van der Waals surface area contributed by atoms with Crippen LogP contribution in [-0.2, 0) is 0 Å². The zero-order chi connectivity index (χ0) is 9.97. The summed E-state index contributed by atoms with van der Waals surface area (Å²) in [6.07, 6.45) is 7.27. The second-order valence-electron chi connectivity index (χ2n) is 4.21. The Bertz CT molecular complexity index is 336. The van der Waals surface area contributed by atoms with Crippen LogP contribution in [0.2, 0.25) is 0 Å². The van der Waals surface area contributed by atoms with E-state index in [0.29, 0.717) is 5.92 Å². The van der Waals surface area contributed by atoms with Gasteiger partial charge in [0.2, 0.25) is 0 Å². The lowest BCUT2D eigenvalue weighted by Gasteiger charge is -2.19. The van der Waals surface area contributed by atoms with Crippen LogP contribution in [0.5, 0.6) is 0 Å². The molecular formula is C14H18. The highest BCUT2D eigenvalue weighted by Gasteiger charge is 2.23. The normalized spacial score (nSPS) is 25.6. The van der Waals surface area contributed by atoms with Gasteiger partial charge in [-0.15, -0.1) is 0 Å². The van der Waals surface area contributed by atoms with Crippen molar-refractivity contribution < 1.29 is 0 Å². The Hall–Kier alpha value is -1.04. The van der Waals surface area contributed by atoms with Crippen molar-refractivity contribution in [2.45, 2.75) is 32.6 Å². The number of hydrogen-bond acceptors (Lipinski definition) is 0. The molecule has 2 rings (SSSR count). The van der Waals surface area contributed by atoms with Gasteiger partial charge < -0.3 is 0 Å². The first-order valence-electron chi connectivity index (χ1n) is 5.55. The maximum absolute atomic E-state index is 2.39. The number of aryl methyl sites for hydroxylation is 1. The highest BCUT2D eigenvalue weighted by atomic mass is 14.3. The summed E-state index contributed by atoms with van der Waals surface area (Å²) in [6.45, 7) is 4.51. The first-order valence-corrected chi connectivity index (χ1v) is 5.55. The van der Waals surface area contributed by atoms with Crippen molar-refractivity contribution in [3.05, 3.63) is 47.5 Å². The molecule has 0 aromatic heterocycles. The minimum Gasteiger partial charge on any atom is -0.0876 e. The van der Waals surface area contributed by atoms with Crippen LogP contribution in [0, 0.1) is 12.8 Å². The molecule has 0 heterocycles. The average Bonchev–Trinajstić information content (AvgIpc) is 2.66. The molecular weight excluding hydrogens is 168 g/mol. The van der Waals surface area contributed by atoms with E-state index in [1.165, 1.54) is 24.0 Å². The van der Waals surface area contributed by atoms with E-state index >= 15 is 0 Å². The van der Waals surface area contributed by atoms with Crippen molar-refractivity contribution >= 4 is 0 Å². The van der Waals surface area contributed by atoms with E-state index in [4.69, 9.17) is 0 Å². The molecule has 0 nitrogen and oxygen atoms in total. The van der Waals surface area contributed by atoms with Crippen LogP contribution < -0.4 is 0 Å². The summed E-state index contributed by atoms with van der Waals surface area (Å²) in [5, 5.41) is 0. The molecule has 1 unspecified atom stereocenters. The largest absolute Gasteiger partial charge is 0.0876 e. The Balaban J connectivity index is 2.30. The Morgan fingerprint density at radius 1 is 1.29 bits per heavy atom. The van der Waals surface area contributed by atoms with Crippen LogP contribution in [0.1, 0.15) is 36.8 Å². The lowest BCUT2D eigenvalue weighted by Crippen LogP contribution is -2.06. The van der Waals surface area contributed by atoms with Crippen LogP contribution in [0.4, 0.5) is 0 Å². The summed E-state index contributed by atoms with van der Waals surface area (Å²) in [5.41, 5.74) is 2.95. The zero-order valence-electron chi connectivity index (χ0n) is 9.03. The van der Waals surface area contributed by atoms with E-state index in [1.54, 1.807) is 0 Å². The van der Waals surface area contributed by atoms with Crippen LogP contribution in [0.15, 0.2) is 36.4 Å². The van der Waals surface area contributed by atoms with Gasteiger partial charge >= 0.3 is 0 Å². The maximum atomic E-state index is 2.39. The maximum Gasteiger partial charge on any atom is 0.00517 e. The third kappa shape index (κ3) is 1.61. The summed E-state index contributed by atoms with van der Waals surface area (Å²) < 4.78 is 0. The van der Waals surface area contributed by atoms with Gasteiger partial charge in [0, 0.05) is 5.92 Å². The van der Waals surface area contributed by atoms with E-state index in [-0.39, 0.29) is 0 Å². The molecule has 0 bridgehead atoms. The number of rotatable bonds is 2. The third-order valence-electron chi connectivity index (χ3n) is 3.36. The molecule has 0 radical (unpaired) electrons. The Morgan fingerprint density at radius 3 is 2.79 bits per heavy atom. The molecule has 1 aromatic rings. The first kappa shape index (κ1) is 9.51. The molecule has 0 amide bonds. The Labute approximate surface area is 86.7 Å². The van der Waals surface area contributed by atoms with Gasteiger partial charge in [0.25, 0.3) is 0 Å². The van der Waals surface area contributed by atoms with Crippen molar-refractivity contribution in [2.75, 3.05) is 0 Å². The molecule has 2 atom stereocenters. The first-order chi connectivity index (χ1) is 6.83. The summed E-state index contributed by atoms with van der Waals surface area (Å²) >= 11 is 0. The SMILES string of the molecule is CC[C@@H]1CC=CC1c1ccccc1C. The molecule has 0 aliphatic heterocycles. The second-order valence-corrected chi connectivity index (χ2v) is 4.21. The van der Waals surface area contributed by atoms with Crippen molar-refractivity contribution in [1.29, 1.82) is 0 Å². The monoisotopic (exact) mass is 186 g/mol. The van der Waals surface area contributed by atoms with Gasteiger partial charge in [-0.3, -0.25) is 0 Å². The molecule has 0 N–H and O–H groups in total. The molecule has 0 heteroatoms. The predicted octanol–water partition coefficient (Wildman–Crippen LogP) is 4.06. The Morgan fingerprint density at radius 2 is 2.07 bits per heavy atom. The van der Waals surface area contributed by atoms with Gasteiger partial charge in [0.05, 0.1) is 0 Å². The fourth-order valence-corrected chi connectivity index (χ4v) is 2.44. The van der Waals surface area contributed by atoms with Gasteiger partial charge in [0.15, 0.2) is 0 Å². The molecule has 0 saturated carbocycles. The Kier molecular flexibility index (Phi) is 2.72. The van der Waals surface area contributed by atoms with E-state index in [0.717, 1.165) is 5.92 Å². The van der Waals surface area contributed by atoms with Crippen molar-refractivity contribution in [3.63, 3.8) is 0 Å². The van der Waals surface area contributed by atoms with Gasteiger partial charge in [-0.2, -0.15) is 0 Å². The molecule has 14 heavy (non-hydrogen) atoms. The van der Waals surface area contributed by atoms with Gasteiger partial charge in [-0.25, -0.2) is 0 Å². The molecule has 0 spiro atoms. The molecule has 1 aromatic carbocycles. The summed E-state index contributed by atoms with van der Waals surface area (Å²) in [6, 6.07) is 8.77. The molecule has 1 aliphatic carbocycles. The lowest BCUT2D eigenvalue weighted by atomic mass is 9.85. The minimum absolute atomic E-state index is 0.668. The number of benzene rings is 1. The second kappa shape index (κ2) is 4.00. The summed E-state index contributed by atoms with van der Waals surface area (Å²) in [4.78, 5) is 0. The lowest BCUT2D eigenvalue weighted by molar-refractivity contribution is 0.492. The molecule has 74 valence electrons. The average molecular weight is 186 g/mol. The van der Waals surface area contributed by atoms with Gasteiger partial charge in [-0.05, 0) is 30.4 Å². The predicted molar refractivity (Wildman–Crippen MR) is 61.5 cm³/mol. The zero-order valence-corrected chi connectivity index (χ0v) is 9.03. The van der Waals surface area contributed by atoms with E-state index in [2.05, 4.69) is 50.3 Å². The van der Waals surface area contributed by atoms with Gasteiger partial charge in [-0.1, -0.05) is 49.8 Å². The minimum atomic E-state index is 0.668. The highest BCUT2D eigenvalue weighted by Crippen LogP contribution is 2.37. The fraction of sp³-hybridized carbons (Fsp3) is 0.429. The summed E-state index contributed by atoms with van der Waals surface area (Å²) in [5.74, 6) is 1.50. The van der Waals surface area contributed by atoms with Crippen LogP contribution in [-0.4, -0.2) is 0 Å². The van der Waals surface area contributed by atoms with Crippen LogP contribution in [0.25, 0.3) is 0 Å². The van der Waals surface area contributed by atoms with Gasteiger partial charge in [0.1, 0.15) is 0 Å². The van der Waals surface area contributed by atoms with E-state index in [1.807, 2.05) is 0 Å². The topological polar surface area (TPSA) is 0 Å². The van der Waals surface area contributed by atoms with Crippen molar-refractivity contribution in [1.82, 2.24) is 0 Å². The van der Waals surface area contributed by atoms with Crippen molar-refractivity contribution in [2.24, 2.45) is 5.92 Å². The molecule has 1 aliphatic rings. The third-order valence-corrected chi connectivity index (χ3v) is 3.36. The van der Waals surface area contributed by atoms with E-state index in [9.17, 15) is 0 Å². The highest BCUT2D eigenvalue weighted by molar-refractivity contribution is 5.34. The van der Waals surface area contributed by atoms with Crippen LogP contribution >= 0.6 is 0 Å². The van der Waals surface area contributed by atoms with Crippen LogP contribution in [0.3, 0.4) is 0 Å². The van der Waals surface area contributed by atoms with E-state index < -0.39 is 0 Å². The molecule has 0 saturated heterocycles. The fourth-order valence-electron chi connectivity index (χ4n) is 2.44. The number of allylic oxidation sites excluding steroid dienone is 2. The standard InChI is InChI=1S/C14H18/c1-3-12-8-6-10-14(12)13-9-5-4-7-11(13)2/h4-7,9-10,12,14H,3,8H2,1-2H3/t12-,14?/m1/s1. The quantitative estimate of drug-likeness (QED) is 0.611. The summed E-state index contributed by atoms with van der Waals surface area (Å²) in [7, 11) is 0. The molecule has 0 fully saturated rings. The van der Waals surface area contributed by atoms with Crippen molar-refractivity contribution in [3.8, 4) is 0 Å².